The van der Waals surface area contributed by atoms with Crippen LogP contribution in [0.1, 0.15) is 31.9 Å². The molecular weight excluding hydrogens is 190 g/mol. The third kappa shape index (κ3) is 2.30. The van der Waals surface area contributed by atoms with Gasteiger partial charge in [0, 0.05) is 4.90 Å². The van der Waals surface area contributed by atoms with Gasteiger partial charge in [0.2, 0.25) is 0 Å². The molecule has 0 atom stereocenters. The molecule has 0 N–H and O–H groups in total. The molecule has 0 aliphatic rings. The molecular formula is C12H15NS. The molecule has 0 radical (unpaired) electrons. The lowest BCUT2D eigenvalue weighted by atomic mass is 9.86. The van der Waals surface area contributed by atoms with E-state index in [1.54, 1.807) is 11.8 Å². The van der Waals surface area contributed by atoms with E-state index in [0.717, 1.165) is 10.5 Å². The van der Waals surface area contributed by atoms with Crippen LogP contribution in [0.15, 0.2) is 23.1 Å². The van der Waals surface area contributed by atoms with Crippen LogP contribution in [0.2, 0.25) is 0 Å². The second kappa shape index (κ2) is 4.06. The molecule has 1 aromatic carbocycles. The van der Waals surface area contributed by atoms with Gasteiger partial charge in [0.25, 0.3) is 0 Å². The monoisotopic (exact) mass is 205 g/mol. The first kappa shape index (κ1) is 11.1. The Kier molecular flexibility index (Phi) is 3.23. The Morgan fingerprint density at radius 2 is 1.93 bits per heavy atom. The Bertz CT molecular complexity index is 369. The van der Waals surface area contributed by atoms with Crippen LogP contribution in [0, 0.1) is 11.3 Å². The predicted octanol–water partition coefficient (Wildman–Crippen LogP) is 3.58. The van der Waals surface area contributed by atoms with Crippen LogP contribution in [0.4, 0.5) is 0 Å². The lowest BCUT2D eigenvalue weighted by Gasteiger charge is -2.19. The zero-order valence-electron chi connectivity index (χ0n) is 9.09. The lowest BCUT2D eigenvalue weighted by molar-refractivity contribution is 0.589. The molecule has 0 spiro atoms. The van der Waals surface area contributed by atoms with Gasteiger partial charge >= 0.3 is 0 Å². The summed E-state index contributed by atoms with van der Waals surface area (Å²) < 4.78 is 0. The van der Waals surface area contributed by atoms with Gasteiger partial charge in [0.05, 0.1) is 5.56 Å². The molecule has 14 heavy (non-hydrogen) atoms. The van der Waals surface area contributed by atoms with E-state index in [-0.39, 0.29) is 5.41 Å². The molecule has 0 amide bonds. The van der Waals surface area contributed by atoms with E-state index in [9.17, 15) is 0 Å². The van der Waals surface area contributed by atoms with Crippen molar-refractivity contribution >= 4 is 11.8 Å². The first-order chi connectivity index (χ1) is 6.49. The molecule has 0 aliphatic heterocycles. The number of benzene rings is 1. The van der Waals surface area contributed by atoms with Gasteiger partial charge in [-0.25, -0.2) is 0 Å². The fraction of sp³-hybridized carbons (Fsp3) is 0.417. The van der Waals surface area contributed by atoms with E-state index in [1.807, 2.05) is 18.4 Å². The molecule has 0 fully saturated rings. The van der Waals surface area contributed by atoms with Crippen molar-refractivity contribution in [3.8, 4) is 6.07 Å². The molecule has 0 aliphatic carbocycles. The summed E-state index contributed by atoms with van der Waals surface area (Å²) in [6, 6.07) is 8.37. The summed E-state index contributed by atoms with van der Waals surface area (Å²) in [4.78, 5) is 1.06. The third-order valence-corrected chi connectivity index (χ3v) is 2.98. The minimum absolute atomic E-state index is 0.114. The van der Waals surface area contributed by atoms with Crippen LogP contribution >= 0.6 is 11.8 Å². The Labute approximate surface area is 90.1 Å². The number of hydrogen-bond acceptors (Lipinski definition) is 2. The van der Waals surface area contributed by atoms with Crippen LogP contribution in [-0.4, -0.2) is 6.26 Å². The van der Waals surface area contributed by atoms with Crippen LogP contribution in [0.3, 0.4) is 0 Å². The smallest absolute Gasteiger partial charge is 0.100 e. The van der Waals surface area contributed by atoms with Crippen molar-refractivity contribution in [3.05, 3.63) is 29.3 Å². The van der Waals surface area contributed by atoms with Crippen LogP contribution in [0.25, 0.3) is 0 Å². The van der Waals surface area contributed by atoms with Gasteiger partial charge in [-0.1, -0.05) is 26.8 Å². The molecule has 0 bridgehead atoms. The summed E-state index contributed by atoms with van der Waals surface area (Å²) in [5.74, 6) is 0. The molecule has 2 heteroatoms. The summed E-state index contributed by atoms with van der Waals surface area (Å²) in [5, 5.41) is 8.98. The van der Waals surface area contributed by atoms with Gasteiger partial charge in [0.1, 0.15) is 6.07 Å². The van der Waals surface area contributed by atoms with Crippen LogP contribution < -0.4 is 0 Å². The maximum absolute atomic E-state index is 8.98. The van der Waals surface area contributed by atoms with Crippen molar-refractivity contribution in [1.29, 1.82) is 5.26 Å². The second-order valence-electron chi connectivity index (χ2n) is 4.28. The minimum atomic E-state index is 0.114. The molecule has 0 aromatic heterocycles. The average molecular weight is 205 g/mol. The highest BCUT2D eigenvalue weighted by molar-refractivity contribution is 7.98. The van der Waals surface area contributed by atoms with Crippen LogP contribution in [-0.2, 0) is 5.41 Å². The van der Waals surface area contributed by atoms with Crippen LogP contribution in [0.5, 0.6) is 0 Å². The minimum Gasteiger partial charge on any atom is -0.192 e. The molecule has 1 aromatic rings. The largest absolute Gasteiger partial charge is 0.192 e. The lowest BCUT2D eigenvalue weighted by Crippen LogP contribution is -2.11. The molecule has 0 unspecified atom stereocenters. The van der Waals surface area contributed by atoms with E-state index in [1.165, 1.54) is 5.56 Å². The van der Waals surface area contributed by atoms with Crippen molar-refractivity contribution in [3.63, 3.8) is 0 Å². The summed E-state index contributed by atoms with van der Waals surface area (Å²) in [5.41, 5.74) is 2.11. The van der Waals surface area contributed by atoms with Gasteiger partial charge in [0.15, 0.2) is 0 Å². The maximum Gasteiger partial charge on any atom is 0.100 e. The van der Waals surface area contributed by atoms with E-state index < -0.39 is 0 Å². The number of rotatable bonds is 1. The zero-order chi connectivity index (χ0) is 10.8. The van der Waals surface area contributed by atoms with E-state index in [4.69, 9.17) is 5.26 Å². The van der Waals surface area contributed by atoms with Crippen molar-refractivity contribution < 1.29 is 0 Å². The van der Waals surface area contributed by atoms with Gasteiger partial charge in [-0.3, -0.25) is 0 Å². The van der Waals surface area contributed by atoms with Gasteiger partial charge in [-0.05, 0) is 29.4 Å². The number of hydrogen-bond donors (Lipinski definition) is 0. The standard InChI is InChI=1S/C12H15NS/c1-12(2,3)10-5-6-11(14-4)9(7-10)8-13/h5-7H,1-4H3. The normalized spacial score (nSPS) is 11.1. The van der Waals surface area contributed by atoms with Crippen molar-refractivity contribution in [2.75, 3.05) is 6.26 Å². The highest BCUT2D eigenvalue weighted by Gasteiger charge is 2.14. The van der Waals surface area contributed by atoms with Crippen molar-refractivity contribution in [1.82, 2.24) is 0 Å². The topological polar surface area (TPSA) is 23.8 Å². The number of nitriles is 1. The number of nitrogens with zero attached hydrogens (tertiary/aromatic N) is 1. The Hall–Kier alpha value is -0.940. The molecule has 1 rings (SSSR count). The zero-order valence-corrected chi connectivity index (χ0v) is 9.90. The fourth-order valence-electron chi connectivity index (χ4n) is 1.26. The van der Waals surface area contributed by atoms with Gasteiger partial charge < -0.3 is 0 Å². The molecule has 0 heterocycles. The second-order valence-corrected chi connectivity index (χ2v) is 5.12. The van der Waals surface area contributed by atoms with E-state index >= 15 is 0 Å². The van der Waals surface area contributed by atoms with Crippen molar-refractivity contribution in [2.24, 2.45) is 0 Å². The van der Waals surface area contributed by atoms with E-state index in [2.05, 4.69) is 32.9 Å². The Morgan fingerprint density at radius 3 is 2.36 bits per heavy atom. The SMILES string of the molecule is CSc1ccc(C(C)(C)C)cc1C#N. The summed E-state index contributed by atoms with van der Waals surface area (Å²) in [6.07, 6.45) is 1.99. The first-order valence-corrected chi connectivity index (χ1v) is 5.80. The van der Waals surface area contributed by atoms with Gasteiger partial charge in [-0.15, -0.1) is 11.8 Å². The molecule has 1 nitrogen and oxygen atoms in total. The third-order valence-electron chi connectivity index (χ3n) is 2.19. The van der Waals surface area contributed by atoms with Gasteiger partial charge in [-0.2, -0.15) is 5.26 Å². The maximum atomic E-state index is 8.98. The molecule has 0 saturated heterocycles. The molecule has 0 saturated carbocycles. The highest BCUT2D eigenvalue weighted by Crippen LogP contribution is 2.27. The van der Waals surface area contributed by atoms with E-state index in [0.29, 0.717) is 0 Å². The number of thioether (sulfide) groups is 1. The van der Waals surface area contributed by atoms with Crippen molar-refractivity contribution in [2.45, 2.75) is 31.1 Å². The first-order valence-electron chi connectivity index (χ1n) is 4.57. The highest BCUT2D eigenvalue weighted by atomic mass is 32.2. The average Bonchev–Trinajstić information content (AvgIpc) is 2.15. The Balaban J connectivity index is 3.23. The Morgan fingerprint density at radius 1 is 1.29 bits per heavy atom. The molecule has 74 valence electrons. The summed E-state index contributed by atoms with van der Waals surface area (Å²) in [7, 11) is 0. The summed E-state index contributed by atoms with van der Waals surface area (Å²) in [6.45, 7) is 6.47. The summed E-state index contributed by atoms with van der Waals surface area (Å²) >= 11 is 1.62. The fourth-order valence-corrected chi connectivity index (χ4v) is 1.79. The predicted molar refractivity (Wildman–Crippen MR) is 61.6 cm³/mol. The quantitative estimate of drug-likeness (QED) is 0.654.